The van der Waals surface area contributed by atoms with Crippen LogP contribution in [0.2, 0.25) is 0 Å². The highest BCUT2D eigenvalue weighted by Gasteiger charge is 2.69. The average molecular weight is 387 g/mol. The molecule has 0 aromatic rings. The summed E-state index contributed by atoms with van der Waals surface area (Å²) in [7, 11) is 0. The van der Waals surface area contributed by atoms with Crippen LogP contribution in [0, 0.1) is 46.3 Å². The summed E-state index contributed by atoms with van der Waals surface area (Å²) < 4.78 is 5.26. The van der Waals surface area contributed by atoms with Crippen LogP contribution in [-0.4, -0.2) is 23.3 Å². The highest BCUT2D eigenvalue weighted by atomic mass is 16.5. The number of ether oxygens (including phenoxy) is 1. The number of hydrogen-bond donors (Lipinski definition) is 1. The monoisotopic (exact) mass is 386 g/mol. The molecule has 0 saturated heterocycles. The molecule has 5 aliphatic rings. The molecule has 2 unspecified atom stereocenters. The molecule has 4 saturated carbocycles. The molecule has 0 amide bonds. The fraction of sp³-hybridized carbons (Fsp3) is 0.880. The van der Waals surface area contributed by atoms with Crippen molar-refractivity contribution >= 4 is 5.97 Å². The van der Waals surface area contributed by atoms with Crippen molar-refractivity contribution in [2.24, 2.45) is 46.3 Å². The lowest BCUT2D eigenvalue weighted by atomic mass is 9.41. The first-order chi connectivity index (χ1) is 13.2. The summed E-state index contributed by atoms with van der Waals surface area (Å²) >= 11 is 0. The minimum Gasteiger partial charge on any atom is -0.458 e. The molecule has 1 heterocycles. The van der Waals surface area contributed by atoms with Gasteiger partial charge in [0.2, 0.25) is 0 Å². The van der Waals surface area contributed by atoms with E-state index >= 15 is 0 Å². The quantitative estimate of drug-likeness (QED) is 0.636. The van der Waals surface area contributed by atoms with E-state index in [4.69, 9.17) is 4.74 Å². The van der Waals surface area contributed by atoms with Crippen molar-refractivity contribution in [2.45, 2.75) is 84.7 Å². The van der Waals surface area contributed by atoms with Crippen LogP contribution >= 0.6 is 0 Å². The van der Waals surface area contributed by atoms with Gasteiger partial charge >= 0.3 is 5.97 Å². The number of rotatable bonds is 1. The zero-order valence-electron chi connectivity index (χ0n) is 18.2. The fourth-order valence-electron chi connectivity index (χ4n) is 8.99. The molecule has 0 spiro atoms. The molecule has 4 fully saturated rings. The zero-order valence-corrected chi connectivity index (χ0v) is 18.2. The van der Waals surface area contributed by atoms with E-state index in [0.717, 1.165) is 30.3 Å². The molecule has 156 valence electrons. The molecule has 28 heavy (non-hydrogen) atoms. The van der Waals surface area contributed by atoms with Crippen molar-refractivity contribution in [2.75, 3.05) is 6.61 Å². The van der Waals surface area contributed by atoms with Crippen molar-refractivity contribution in [1.29, 1.82) is 0 Å². The van der Waals surface area contributed by atoms with Crippen molar-refractivity contribution in [1.82, 2.24) is 0 Å². The Morgan fingerprint density at radius 2 is 1.82 bits per heavy atom. The first kappa shape index (κ1) is 19.2. The van der Waals surface area contributed by atoms with Gasteiger partial charge in [-0.15, -0.1) is 0 Å². The van der Waals surface area contributed by atoms with E-state index in [1.807, 2.05) is 0 Å². The average Bonchev–Trinajstić information content (AvgIpc) is 3.19. The van der Waals surface area contributed by atoms with Crippen LogP contribution in [0.1, 0.15) is 79.1 Å². The summed E-state index contributed by atoms with van der Waals surface area (Å²) in [5.41, 5.74) is 0.813. The van der Waals surface area contributed by atoms with E-state index < -0.39 is 5.60 Å². The molecule has 5 rings (SSSR count). The molecule has 0 bridgehead atoms. The van der Waals surface area contributed by atoms with Gasteiger partial charge in [0.15, 0.2) is 0 Å². The number of cyclic esters (lactones) is 1. The van der Waals surface area contributed by atoms with Gasteiger partial charge in [0.1, 0.15) is 6.61 Å². The summed E-state index contributed by atoms with van der Waals surface area (Å²) in [6, 6.07) is 0. The Hall–Kier alpha value is -0.830. The summed E-state index contributed by atoms with van der Waals surface area (Å²) in [4.78, 5) is 11.7. The Bertz CT molecular complexity index is 713. The molecular weight excluding hydrogens is 348 g/mol. The first-order valence-corrected chi connectivity index (χ1v) is 11.8. The molecule has 0 radical (unpaired) electrons. The van der Waals surface area contributed by atoms with E-state index in [-0.39, 0.29) is 17.3 Å². The molecule has 3 nitrogen and oxygen atoms in total. The van der Waals surface area contributed by atoms with E-state index in [0.29, 0.717) is 29.8 Å². The predicted molar refractivity (Wildman–Crippen MR) is 109 cm³/mol. The lowest BCUT2D eigenvalue weighted by molar-refractivity contribution is -0.225. The van der Waals surface area contributed by atoms with Gasteiger partial charge < -0.3 is 9.84 Å². The van der Waals surface area contributed by atoms with Crippen LogP contribution in [0.4, 0.5) is 0 Å². The Labute approximate surface area is 170 Å². The normalized spacial score (nSPS) is 55.8. The third kappa shape index (κ3) is 2.29. The van der Waals surface area contributed by atoms with Gasteiger partial charge in [-0.2, -0.15) is 0 Å². The van der Waals surface area contributed by atoms with Crippen molar-refractivity contribution in [3.05, 3.63) is 11.6 Å². The van der Waals surface area contributed by atoms with Gasteiger partial charge in [-0.1, -0.05) is 34.1 Å². The third-order valence-electron chi connectivity index (χ3n) is 10.8. The topological polar surface area (TPSA) is 46.5 Å². The minimum absolute atomic E-state index is 0.140. The van der Waals surface area contributed by atoms with Gasteiger partial charge in [-0.25, -0.2) is 4.79 Å². The lowest BCUT2D eigenvalue weighted by Gasteiger charge is -2.65. The number of carbonyl (C=O) groups is 1. The maximum atomic E-state index is 12.3. The van der Waals surface area contributed by atoms with E-state index in [1.165, 1.54) is 38.5 Å². The SMILES string of the molecule is C[C@H]1CC[C@]2(C)C3C[C@@H](C)[C@]4(C)[C@@H](C5=CC(=O)OC5)CC[C@]4(O)C3CC[C@@H]2C1. The number of hydrogen-bond acceptors (Lipinski definition) is 3. The van der Waals surface area contributed by atoms with Crippen LogP contribution in [0.5, 0.6) is 0 Å². The maximum Gasteiger partial charge on any atom is 0.331 e. The standard InChI is InChI=1S/C25H38O3/c1-15-7-9-23(3)18(11-15)5-6-20-21(23)12-16(2)24(4)19(8-10-25(20,24)27)17-13-22(26)28-14-17/h13,15-16,18-21,27H,5-12,14H2,1-4H3/t15-,16+,18+,19+,20?,21?,23-,24+,25-/m0/s1. The molecule has 1 N–H and O–H groups in total. The molecule has 0 aromatic heterocycles. The molecule has 9 atom stereocenters. The van der Waals surface area contributed by atoms with E-state index in [9.17, 15) is 9.90 Å². The summed E-state index contributed by atoms with van der Waals surface area (Å²) in [6.07, 6.45) is 11.4. The largest absolute Gasteiger partial charge is 0.458 e. The Balaban J connectivity index is 1.51. The molecule has 1 aliphatic heterocycles. The lowest BCUT2D eigenvalue weighted by Crippen LogP contribution is -2.64. The van der Waals surface area contributed by atoms with Crippen molar-refractivity contribution < 1.29 is 14.6 Å². The highest BCUT2D eigenvalue weighted by Crippen LogP contribution is 2.71. The van der Waals surface area contributed by atoms with Gasteiger partial charge in [0.05, 0.1) is 5.60 Å². The molecule has 0 aromatic carbocycles. The molecular formula is C25H38O3. The van der Waals surface area contributed by atoms with Gasteiger partial charge in [0.25, 0.3) is 0 Å². The Morgan fingerprint density at radius 3 is 2.54 bits per heavy atom. The number of aliphatic hydroxyl groups is 1. The third-order valence-corrected chi connectivity index (χ3v) is 10.8. The number of carbonyl (C=O) groups excluding carboxylic acids is 1. The van der Waals surface area contributed by atoms with Gasteiger partial charge in [-0.3, -0.25) is 0 Å². The van der Waals surface area contributed by atoms with E-state index in [2.05, 4.69) is 27.7 Å². The fourth-order valence-corrected chi connectivity index (χ4v) is 8.99. The van der Waals surface area contributed by atoms with Crippen LogP contribution in [-0.2, 0) is 9.53 Å². The second-order valence-corrected chi connectivity index (χ2v) is 11.6. The predicted octanol–water partition coefficient (Wildman–Crippen LogP) is 5.13. The second kappa shape index (κ2) is 6.09. The smallest absolute Gasteiger partial charge is 0.331 e. The Kier molecular flexibility index (Phi) is 4.17. The minimum atomic E-state index is -0.594. The van der Waals surface area contributed by atoms with Crippen LogP contribution < -0.4 is 0 Å². The highest BCUT2D eigenvalue weighted by molar-refractivity contribution is 5.85. The number of esters is 1. The van der Waals surface area contributed by atoms with Gasteiger partial charge in [-0.05, 0) is 91.4 Å². The van der Waals surface area contributed by atoms with E-state index in [1.54, 1.807) is 6.08 Å². The summed E-state index contributed by atoms with van der Waals surface area (Å²) in [5, 5.41) is 12.3. The van der Waals surface area contributed by atoms with Crippen LogP contribution in [0.3, 0.4) is 0 Å². The molecule has 4 aliphatic carbocycles. The van der Waals surface area contributed by atoms with Crippen molar-refractivity contribution in [3.8, 4) is 0 Å². The van der Waals surface area contributed by atoms with Crippen LogP contribution in [0.25, 0.3) is 0 Å². The Morgan fingerprint density at radius 1 is 1.04 bits per heavy atom. The van der Waals surface area contributed by atoms with Gasteiger partial charge in [0, 0.05) is 11.5 Å². The molecule has 3 heteroatoms. The summed E-state index contributed by atoms with van der Waals surface area (Å²) in [5.74, 6) is 3.35. The van der Waals surface area contributed by atoms with Crippen LogP contribution in [0.15, 0.2) is 11.6 Å². The second-order valence-electron chi connectivity index (χ2n) is 11.6. The van der Waals surface area contributed by atoms with Crippen molar-refractivity contribution in [3.63, 3.8) is 0 Å². The summed E-state index contributed by atoms with van der Waals surface area (Å²) in [6.45, 7) is 10.2. The maximum absolute atomic E-state index is 12.3. The first-order valence-electron chi connectivity index (χ1n) is 11.8. The zero-order chi connectivity index (χ0) is 19.9. The number of fused-ring (bicyclic) bond motifs is 5.